The van der Waals surface area contributed by atoms with Crippen LogP contribution in [0.15, 0.2) is 59.0 Å². The lowest BCUT2D eigenvalue weighted by Gasteiger charge is -2.03. The molecule has 4 nitrogen and oxygen atoms in total. The van der Waals surface area contributed by atoms with Gasteiger partial charge in [-0.05, 0) is 47.5 Å². The van der Waals surface area contributed by atoms with Crippen molar-refractivity contribution in [3.8, 4) is 17.4 Å². The molecule has 26 heavy (non-hydrogen) atoms. The monoisotopic (exact) mass is 382 g/mol. The van der Waals surface area contributed by atoms with Gasteiger partial charge in [0, 0.05) is 5.56 Å². The number of rotatable bonds is 4. The molecular weight excluding hydrogens is 373 g/mol. The molecule has 0 radical (unpaired) electrons. The third-order valence-electron chi connectivity index (χ3n) is 3.67. The van der Waals surface area contributed by atoms with E-state index in [0.29, 0.717) is 32.7 Å². The lowest BCUT2D eigenvalue weighted by molar-refractivity contribution is -0.255. The highest BCUT2D eigenvalue weighted by atomic mass is 35.5. The van der Waals surface area contributed by atoms with E-state index in [0.717, 1.165) is 5.56 Å². The highest BCUT2D eigenvalue weighted by Crippen LogP contribution is 2.30. The van der Waals surface area contributed by atoms with Gasteiger partial charge in [0.2, 0.25) is 0 Å². The van der Waals surface area contributed by atoms with E-state index in [1.807, 2.05) is 0 Å². The molecule has 1 aromatic heterocycles. The third-order valence-corrected chi connectivity index (χ3v) is 4.41. The van der Waals surface area contributed by atoms with E-state index in [9.17, 15) is 15.2 Å². The van der Waals surface area contributed by atoms with Crippen molar-refractivity contribution in [1.29, 1.82) is 5.26 Å². The third kappa shape index (κ3) is 3.80. The minimum Gasteiger partial charge on any atom is -0.545 e. The second kappa shape index (κ2) is 7.49. The summed E-state index contributed by atoms with van der Waals surface area (Å²) in [5, 5.41) is 21.1. The van der Waals surface area contributed by atoms with Gasteiger partial charge >= 0.3 is 0 Å². The smallest absolute Gasteiger partial charge is 0.134 e. The van der Waals surface area contributed by atoms with Crippen LogP contribution in [-0.2, 0) is 0 Å². The number of carbonyl (C=O) groups excluding carboxylic acids is 1. The molecule has 0 atom stereocenters. The van der Waals surface area contributed by atoms with Crippen LogP contribution in [0.3, 0.4) is 0 Å². The Morgan fingerprint density at radius 1 is 1.00 bits per heavy atom. The van der Waals surface area contributed by atoms with Crippen LogP contribution in [0.1, 0.15) is 21.7 Å². The molecule has 0 saturated carbocycles. The molecule has 128 valence electrons. The van der Waals surface area contributed by atoms with Crippen molar-refractivity contribution >= 4 is 40.8 Å². The van der Waals surface area contributed by atoms with E-state index in [1.54, 1.807) is 48.5 Å². The summed E-state index contributed by atoms with van der Waals surface area (Å²) in [5.41, 5.74) is 1.72. The number of hydrogen-bond donors (Lipinski definition) is 0. The van der Waals surface area contributed by atoms with Crippen LogP contribution in [0.5, 0.6) is 0 Å². The number of carboxylic acid groups (broad SMARTS) is 1. The molecule has 0 saturated heterocycles. The summed E-state index contributed by atoms with van der Waals surface area (Å²) in [5.74, 6) is -0.206. The topological polar surface area (TPSA) is 77.1 Å². The van der Waals surface area contributed by atoms with Crippen LogP contribution in [0, 0.1) is 11.3 Å². The molecule has 6 heteroatoms. The van der Waals surface area contributed by atoms with E-state index in [1.165, 1.54) is 12.1 Å². The Labute approximate surface area is 159 Å². The lowest BCUT2D eigenvalue weighted by atomic mass is 10.0. The van der Waals surface area contributed by atoms with Gasteiger partial charge in [-0.1, -0.05) is 47.5 Å². The maximum Gasteiger partial charge on any atom is 0.134 e. The maximum atomic E-state index is 10.8. The minimum absolute atomic E-state index is 0.0472. The quantitative estimate of drug-likeness (QED) is 0.613. The number of carboxylic acids is 1. The first-order valence-electron chi connectivity index (χ1n) is 7.47. The molecule has 0 bridgehead atoms. The van der Waals surface area contributed by atoms with Crippen molar-refractivity contribution in [3.05, 3.63) is 81.5 Å². The van der Waals surface area contributed by atoms with Gasteiger partial charge < -0.3 is 14.3 Å². The summed E-state index contributed by atoms with van der Waals surface area (Å²) in [7, 11) is 0. The molecule has 0 fully saturated rings. The van der Waals surface area contributed by atoms with Crippen molar-refractivity contribution in [3.63, 3.8) is 0 Å². The minimum atomic E-state index is -1.27. The zero-order valence-corrected chi connectivity index (χ0v) is 14.7. The fourth-order valence-electron chi connectivity index (χ4n) is 2.34. The normalized spacial score (nSPS) is 11.2. The van der Waals surface area contributed by atoms with Gasteiger partial charge in [-0.15, -0.1) is 0 Å². The van der Waals surface area contributed by atoms with Crippen LogP contribution < -0.4 is 5.11 Å². The van der Waals surface area contributed by atoms with Crippen molar-refractivity contribution < 1.29 is 14.3 Å². The van der Waals surface area contributed by atoms with Gasteiger partial charge in [-0.25, -0.2) is 0 Å². The number of hydrogen-bond acceptors (Lipinski definition) is 4. The van der Waals surface area contributed by atoms with Gasteiger partial charge in [0.1, 0.15) is 11.5 Å². The van der Waals surface area contributed by atoms with Crippen LogP contribution in [0.2, 0.25) is 10.0 Å². The lowest BCUT2D eigenvalue weighted by Crippen LogP contribution is -2.21. The summed E-state index contributed by atoms with van der Waals surface area (Å²) in [6.07, 6.45) is 1.58. The number of nitrogens with zero attached hydrogens (tertiary/aromatic N) is 1. The number of allylic oxidation sites excluding steroid dienone is 1. The van der Waals surface area contributed by atoms with Gasteiger partial charge in [0.15, 0.2) is 0 Å². The number of benzene rings is 2. The molecule has 0 aliphatic heterocycles. The SMILES string of the molecule is N#C/C(=C\c1ccc(-c2ccc(Cl)c(Cl)c2)o1)c1ccc(C(=O)[O-])cc1. The zero-order chi connectivity index (χ0) is 18.7. The van der Waals surface area contributed by atoms with E-state index >= 15 is 0 Å². The number of nitriles is 1. The second-order valence-corrected chi connectivity index (χ2v) is 6.18. The first kappa shape index (κ1) is 17.8. The second-order valence-electron chi connectivity index (χ2n) is 5.37. The summed E-state index contributed by atoms with van der Waals surface area (Å²) in [6.45, 7) is 0. The molecule has 0 aliphatic carbocycles. The summed E-state index contributed by atoms with van der Waals surface area (Å²) >= 11 is 11.9. The average molecular weight is 383 g/mol. The number of aromatic carboxylic acids is 1. The number of furan rings is 1. The Morgan fingerprint density at radius 3 is 2.31 bits per heavy atom. The highest BCUT2D eigenvalue weighted by molar-refractivity contribution is 6.42. The first-order chi connectivity index (χ1) is 12.5. The van der Waals surface area contributed by atoms with Crippen molar-refractivity contribution in [2.75, 3.05) is 0 Å². The molecule has 2 aromatic carbocycles. The maximum absolute atomic E-state index is 10.8. The van der Waals surface area contributed by atoms with E-state index in [2.05, 4.69) is 6.07 Å². The van der Waals surface area contributed by atoms with Crippen LogP contribution >= 0.6 is 23.2 Å². The fraction of sp³-hybridized carbons (Fsp3) is 0. The number of carbonyl (C=O) groups is 1. The molecule has 0 unspecified atom stereocenters. The zero-order valence-electron chi connectivity index (χ0n) is 13.2. The first-order valence-corrected chi connectivity index (χ1v) is 8.22. The summed E-state index contributed by atoms with van der Waals surface area (Å²) in [4.78, 5) is 10.8. The molecule has 3 aromatic rings. The standard InChI is InChI=1S/C20H11Cl2NO3/c21-17-7-5-14(10-18(17)22)19-8-6-16(26-19)9-15(11-23)12-1-3-13(4-2-12)20(24)25/h1-10H,(H,24,25)/p-1/b15-9+. The molecule has 1 heterocycles. The van der Waals surface area contributed by atoms with Crippen LogP contribution in [0.4, 0.5) is 0 Å². The van der Waals surface area contributed by atoms with Gasteiger partial charge in [0.05, 0.1) is 27.7 Å². The predicted octanol–water partition coefficient (Wildman–Crippen LogP) is 4.68. The molecule has 0 amide bonds. The highest BCUT2D eigenvalue weighted by Gasteiger charge is 2.08. The largest absolute Gasteiger partial charge is 0.545 e. The Kier molecular flexibility index (Phi) is 5.13. The Bertz CT molecular complexity index is 1040. The average Bonchev–Trinajstić information content (AvgIpc) is 3.10. The number of halogens is 2. The molecule has 3 rings (SSSR count). The molecular formula is C20H10Cl2NO3-. The van der Waals surface area contributed by atoms with Crippen LogP contribution in [0.25, 0.3) is 23.0 Å². The summed E-state index contributed by atoms with van der Waals surface area (Å²) in [6, 6.07) is 16.6. The van der Waals surface area contributed by atoms with Crippen LogP contribution in [-0.4, -0.2) is 5.97 Å². The predicted molar refractivity (Wildman–Crippen MR) is 98.4 cm³/mol. The van der Waals surface area contributed by atoms with E-state index in [4.69, 9.17) is 27.6 Å². The van der Waals surface area contributed by atoms with Gasteiger partial charge in [-0.3, -0.25) is 0 Å². The Balaban J connectivity index is 1.91. The van der Waals surface area contributed by atoms with E-state index < -0.39 is 5.97 Å². The Morgan fingerprint density at radius 2 is 1.69 bits per heavy atom. The van der Waals surface area contributed by atoms with Gasteiger partial charge in [-0.2, -0.15) is 5.26 Å². The Hall–Kier alpha value is -3.00. The van der Waals surface area contributed by atoms with E-state index in [-0.39, 0.29) is 5.56 Å². The van der Waals surface area contributed by atoms with Gasteiger partial charge in [0.25, 0.3) is 0 Å². The molecule has 0 spiro atoms. The summed E-state index contributed by atoms with van der Waals surface area (Å²) < 4.78 is 5.75. The molecule has 0 aliphatic rings. The van der Waals surface area contributed by atoms with Crippen molar-refractivity contribution in [2.24, 2.45) is 0 Å². The molecule has 0 N–H and O–H groups in total. The van der Waals surface area contributed by atoms with Crippen molar-refractivity contribution in [1.82, 2.24) is 0 Å². The van der Waals surface area contributed by atoms with Crippen molar-refractivity contribution in [2.45, 2.75) is 0 Å². The fourth-order valence-corrected chi connectivity index (χ4v) is 2.64.